The zero-order valence-electron chi connectivity index (χ0n) is 19.6. The number of oxime groups is 1. The second-order valence-corrected chi connectivity index (χ2v) is 12.1. The third kappa shape index (κ3) is 5.36. The number of β-lactam (4-membered cyclic amide) rings is 1. The van der Waals surface area contributed by atoms with Crippen LogP contribution in [0.25, 0.3) is 10.1 Å². The molecule has 2 aliphatic rings. The molecule has 1 fully saturated rings. The summed E-state index contributed by atoms with van der Waals surface area (Å²) >= 11 is 5.10. The van der Waals surface area contributed by atoms with E-state index in [2.05, 4.69) is 15.1 Å². The first-order chi connectivity index (χ1) is 17.8. The maximum Gasteiger partial charge on any atom is 1.00 e. The van der Waals surface area contributed by atoms with Gasteiger partial charge in [-0.2, -0.15) is 0 Å². The van der Waals surface area contributed by atoms with E-state index in [9.17, 15) is 29.8 Å². The van der Waals surface area contributed by atoms with E-state index in [-0.39, 0.29) is 57.3 Å². The van der Waals surface area contributed by atoms with E-state index in [0.717, 1.165) is 25.1 Å². The van der Waals surface area contributed by atoms with E-state index >= 15 is 0 Å². The number of rotatable bonds is 7. The second-order valence-electron chi connectivity index (χ2n) is 7.78. The van der Waals surface area contributed by atoms with E-state index in [1.54, 1.807) is 12.1 Å². The van der Waals surface area contributed by atoms with Gasteiger partial charge < -0.3 is 21.2 Å². The van der Waals surface area contributed by atoms with Crippen molar-refractivity contribution in [2.75, 3.05) is 17.2 Å². The standard InChI is InChI=1S/C22H17N5O6S4.Na/c23-22-24-11(8-36-22)15(26-33)18(29)25-16-19(30)27-17(21(31)32)9(7-35-20(16)27)6-34-14-5-12(28)10-3-1-2-4-13(10)37-14;/h1-5,8,16,20,33H,6-7H2,(H2,23,24)(H,25,29)(H,31,32);/q;+1/p-1/b26-15+;/t16-,20-;/m1./s1. The van der Waals surface area contributed by atoms with Crippen LogP contribution in [0.5, 0.6) is 0 Å². The van der Waals surface area contributed by atoms with Crippen LogP contribution < -0.4 is 45.8 Å². The minimum Gasteiger partial charge on any atom is -0.857 e. The predicted octanol–water partition coefficient (Wildman–Crippen LogP) is -1.34. The number of amides is 1. The number of carbonyl (C=O) groups is 2. The zero-order chi connectivity index (χ0) is 26.3. The molecule has 0 saturated carbocycles. The number of aromatic nitrogens is 1. The summed E-state index contributed by atoms with van der Waals surface area (Å²) in [7, 11) is 0. The van der Waals surface area contributed by atoms with Gasteiger partial charge >= 0.3 is 35.5 Å². The smallest absolute Gasteiger partial charge is 0.857 e. The molecule has 38 heavy (non-hydrogen) atoms. The molecule has 0 aliphatic carbocycles. The monoisotopic (exact) mass is 597 g/mol. The fourth-order valence-electron chi connectivity index (χ4n) is 3.86. The normalized spacial score (nSPS) is 19.7. The van der Waals surface area contributed by atoms with Crippen molar-refractivity contribution in [1.29, 1.82) is 0 Å². The molecular weight excluding hydrogens is 582 g/mol. The first-order valence-corrected chi connectivity index (χ1v) is 14.3. The van der Waals surface area contributed by atoms with Crippen molar-refractivity contribution in [2.24, 2.45) is 10.1 Å². The Morgan fingerprint density at radius 2 is 2.08 bits per heavy atom. The Morgan fingerprint density at radius 3 is 2.76 bits per heavy atom. The molecule has 4 heterocycles. The van der Waals surface area contributed by atoms with Crippen molar-refractivity contribution in [1.82, 2.24) is 9.88 Å². The summed E-state index contributed by atoms with van der Waals surface area (Å²) in [6.07, 6.45) is 0. The molecule has 2 aliphatic heterocycles. The number of aliphatic imine (C=N–C) groups is 1. The minimum absolute atomic E-state index is 0. The van der Waals surface area contributed by atoms with E-state index < -0.39 is 34.9 Å². The van der Waals surface area contributed by atoms with Crippen LogP contribution in [0.4, 0.5) is 5.13 Å². The number of carboxylic acids is 1. The van der Waals surface area contributed by atoms with Gasteiger partial charge in [0, 0.05) is 38.9 Å². The molecule has 0 radical (unpaired) electrons. The molecular formula is C22H16N5NaO6S4. The van der Waals surface area contributed by atoms with Crippen LogP contribution in [0.3, 0.4) is 0 Å². The maximum atomic E-state index is 12.9. The van der Waals surface area contributed by atoms with E-state index in [1.807, 2.05) is 12.1 Å². The van der Waals surface area contributed by atoms with Gasteiger partial charge in [0.1, 0.15) is 22.5 Å². The number of thioether (sulfide) groups is 2. The fraction of sp³-hybridized carbons (Fsp3) is 0.182. The molecule has 190 valence electrons. The molecule has 11 nitrogen and oxygen atoms in total. The van der Waals surface area contributed by atoms with Gasteiger partial charge in [-0.05, 0) is 17.7 Å². The number of hydrogen-bond donors (Lipinski definition) is 3. The molecule has 2 atom stereocenters. The average molecular weight is 598 g/mol. The topological polar surface area (TPSA) is 182 Å². The van der Waals surface area contributed by atoms with Crippen molar-refractivity contribution in [3.8, 4) is 0 Å². The number of nitrogens with two attached hydrogens (primary N) is 1. The molecule has 0 unspecified atom stereocenters. The first kappa shape index (κ1) is 28.6. The van der Waals surface area contributed by atoms with Gasteiger partial charge in [-0.15, -0.1) is 46.2 Å². The molecule has 0 bridgehead atoms. The Kier molecular flexibility index (Phi) is 8.86. The molecule has 1 saturated heterocycles. The summed E-state index contributed by atoms with van der Waals surface area (Å²) in [5, 5.41) is 36.2. The van der Waals surface area contributed by atoms with Crippen molar-refractivity contribution in [3.05, 3.63) is 62.9 Å². The Hall–Kier alpha value is -2.40. The van der Waals surface area contributed by atoms with Crippen molar-refractivity contribution in [2.45, 2.75) is 15.6 Å². The quantitative estimate of drug-likeness (QED) is 0.0561. The van der Waals surface area contributed by atoms with Gasteiger partial charge in [0.2, 0.25) is 0 Å². The van der Waals surface area contributed by atoms with Crippen LogP contribution in [0.2, 0.25) is 0 Å². The van der Waals surface area contributed by atoms with Crippen molar-refractivity contribution < 1.29 is 54.6 Å². The molecule has 0 spiro atoms. The number of anilines is 1. The Balaban J connectivity index is 0.00000336. The number of fused-ring (bicyclic) bond motifs is 2. The molecule has 1 amide bonds. The van der Waals surface area contributed by atoms with Crippen LogP contribution in [-0.2, 0) is 9.59 Å². The number of benzene rings is 1. The summed E-state index contributed by atoms with van der Waals surface area (Å²) in [5.74, 6) is -2.29. The fourth-order valence-corrected chi connectivity index (χ4v) is 8.10. The van der Waals surface area contributed by atoms with Gasteiger partial charge in [-0.3, -0.25) is 19.5 Å². The van der Waals surface area contributed by atoms with Gasteiger partial charge in [0.15, 0.2) is 16.6 Å². The summed E-state index contributed by atoms with van der Waals surface area (Å²) in [5.41, 5.74) is 5.40. The van der Waals surface area contributed by atoms with E-state index in [4.69, 9.17) is 5.73 Å². The van der Waals surface area contributed by atoms with Crippen LogP contribution >= 0.6 is 46.2 Å². The van der Waals surface area contributed by atoms with Gasteiger partial charge in [0.05, 0.1) is 4.21 Å². The number of thiazole rings is 1. The molecule has 3 aromatic rings. The van der Waals surface area contributed by atoms with Crippen LogP contribution in [-0.4, -0.2) is 66.6 Å². The maximum absolute atomic E-state index is 12.9. The van der Waals surface area contributed by atoms with Gasteiger partial charge in [-0.1, -0.05) is 17.3 Å². The Bertz CT molecular complexity index is 1590. The van der Waals surface area contributed by atoms with Crippen LogP contribution in [0, 0.1) is 0 Å². The third-order valence-corrected chi connectivity index (χ3v) is 9.94. The summed E-state index contributed by atoms with van der Waals surface area (Å²) < 4.78 is 1.57. The predicted molar refractivity (Wildman–Crippen MR) is 143 cm³/mol. The number of hydrogen-bond acceptors (Lipinski definition) is 13. The van der Waals surface area contributed by atoms with E-state index in [0.29, 0.717) is 16.7 Å². The molecule has 4 N–H and O–H groups in total. The van der Waals surface area contributed by atoms with Gasteiger partial charge in [0.25, 0.3) is 5.91 Å². The molecule has 16 heteroatoms. The SMILES string of the molecule is Nc1nc(/C(=N\O)C([O-])=N[C@@H]2C(=O)N3C(C(=O)O)=C(CSc4cc(=O)c5ccccc5s4)CS[C@H]23)cs1.[Na+]. The molecule has 5 rings (SSSR count). The average Bonchev–Trinajstić information content (AvgIpc) is 3.31. The number of nitrogen functional groups attached to an aromatic ring is 1. The third-order valence-electron chi connectivity index (χ3n) is 5.55. The van der Waals surface area contributed by atoms with Crippen molar-refractivity contribution >= 4 is 84.9 Å². The largest absolute Gasteiger partial charge is 1.00 e. The van der Waals surface area contributed by atoms with Gasteiger partial charge in [-0.25, -0.2) is 9.78 Å². The number of nitrogens with zero attached hydrogens (tertiary/aromatic N) is 4. The first-order valence-electron chi connectivity index (χ1n) is 10.5. The molecule has 1 aromatic carbocycles. The van der Waals surface area contributed by atoms with Crippen LogP contribution in [0.1, 0.15) is 5.69 Å². The minimum atomic E-state index is -1.26. The second kappa shape index (κ2) is 11.8. The zero-order valence-corrected chi connectivity index (χ0v) is 24.8. The summed E-state index contributed by atoms with van der Waals surface area (Å²) in [6, 6.07) is 7.66. The number of carboxylic acid groups (broad SMARTS) is 1. The molecule has 2 aromatic heterocycles. The van der Waals surface area contributed by atoms with E-state index in [1.165, 1.54) is 46.3 Å². The number of aliphatic carboxylic acids is 1. The summed E-state index contributed by atoms with van der Waals surface area (Å²) in [6.45, 7) is 0. The van der Waals surface area contributed by atoms with Crippen LogP contribution in [0.15, 0.2) is 66.1 Å². The summed E-state index contributed by atoms with van der Waals surface area (Å²) in [4.78, 5) is 46.3. The number of carbonyl (C=O) groups excluding carboxylic acids is 1. The van der Waals surface area contributed by atoms with Crippen molar-refractivity contribution in [3.63, 3.8) is 0 Å². The Morgan fingerprint density at radius 1 is 1.32 bits per heavy atom. The Labute approximate surface area is 253 Å².